The Bertz CT molecular complexity index is 1270. The largest absolute Gasteiger partial charge is 0.347 e. The molecule has 7 heteroatoms. The highest BCUT2D eigenvalue weighted by Gasteiger charge is 2.40. The first-order valence-corrected chi connectivity index (χ1v) is 11.5. The number of hydrogen-bond donors (Lipinski definition) is 0. The van der Waals surface area contributed by atoms with Crippen LogP contribution < -0.4 is 0 Å². The molecule has 1 amide bonds. The Morgan fingerprint density at radius 1 is 1.06 bits per heavy atom. The molecule has 2 saturated heterocycles. The van der Waals surface area contributed by atoms with Crippen LogP contribution in [0.5, 0.6) is 0 Å². The van der Waals surface area contributed by atoms with Crippen LogP contribution in [0.2, 0.25) is 0 Å². The van der Waals surface area contributed by atoms with E-state index in [0.29, 0.717) is 26.3 Å². The molecule has 0 unspecified atom stereocenters. The summed E-state index contributed by atoms with van der Waals surface area (Å²) in [6, 6.07) is 14.4. The number of likely N-dealkylation sites (tertiary alicyclic amines) is 1. The highest BCUT2D eigenvalue weighted by Crippen LogP contribution is 2.33. The Balaban J connectivity index is 1.26. The van der Waals surface area contributed by atoms with Gasteiger partial charge in [0.15, 0.2) is 10.7 Å². The molecule has 0 atom stereocenters. The highest BCUT2D eigenvalue weighted by atomic mass is 32.1. The van der Waals surface area contributed by atoms with Gasteiger partial charge in [0.25, 0.3) is 5.91 Å². The molecule has 0 saturated carbocycles. The molecule has 6 nitrogen and oxygen atoms in total. The minimum Gasteiger partial charge on any atom is -0.347 e. The maximum absolute atomic E-state index is 13.1. The van der Waals surface area contributed by atoms with Gasteiger partial charge in [-0.2, -0.15) is 0 Å². The fourth-order valence-electron chi connectivity index (χ4n) is 4.52. The number of carbonyl (C=O) groups is 1. The van der Waals surface area contributed by atoms with Gasteiger partial charge in [0.1, 0.15) is 0 Å². The maximum atomic E-state index is 13.1. The number of rotatable bonds is 2. The number of nitrogens with zero attached hydrogens (tertiary/aromatic N) is 3. The molecule has 0 N–H and O–H groups in total. The van der Waals surface area contributed by atoms with Gasteiger partial charge < -0.3 is 14.4 Å². The summed E-state index contributed by atoms with van der Waals surface area (Å²) in [6.07, 6.45) is 3.54. The number of piperidine rings is 1. The zero-order valence-electron chi connectivity index (χ0n) is 17.3. The van der Waals surface area contributed by atoms with Crippen molar-refractivity contribution in [2.45, 2.75) is 25.6 Å². The Kier molecular flexibility index (Phi) is 4.38. The fourth-order valence-corrected chi connectivity index (χ4v) is 5.56. The van der Waals surface area contributed by atoms with E-state index in [1.807, 2.05) is 23.1 Å². The Morgan fingerprint density at radius 2 is 1.81 bits per heavy atom. The van der Waals surface area contributed by atoms with Crippen molar-refractivity contribution in [1.29, 1.82) is 0 Å². The zero-order valence-corrected chi connectivity index (χ0v) is 18.2. The van der Waals surface area contributed by atoms with Crippen LogP contribution in [0.1, 0.15) is 28.8 Å². The van der Waals surface area contributed by atoms with Crippen molar-refractivity contribution in [3.63, 3.8) is 0 Å². The number of imidazole rings is 1. The molecule has 2 aliphatic rings. The summed E-state index contributed by atoms with van der Waals surface area (Å²) < 4.78 is 14.7. The van der Waals surface area contributed by atoms with E-state index in [-0.39, 0.29) is 5.91 Å². The third-order valence-corrected chi connectivity index (χ3v) is 7.33. The predicted octanol–water partition coefficient (Wildman–Crippen LogP) is 4.50. The summed E-state index contributed by atoms with van der Waals surface area (Å²) in [7, 11) is 0. The molecule has 2 aliphatic heterocycles. The van der Waals surface area contributed by atoms with E-state index < -0.39 is 5.79 Å². The monoisotopic (exact) mass is 433 g/mol. The second-order valence-corrected chi connectivity index (χ2v) is 9.34. The number of aryl methyl sites for hydroxylation is 1. The lowest BCUT2D eigenvalue weighted by molar-refractivity contribution is -0.181. The molecule has 0 bridgehead atoms. The minimum absolute atomic E-state index is 0.0705. The lowest BCUT2D eigenvalue weighted by atomic mass is 10.0. The lowest BCUT2D eigenvalue weighted by Gasteiger charge is -2.37. The summed E-state index contributed by atoms with van der Waals surface area (Å²) >= 11 is 1.61. The van der Waals surface area contributed by atoms with Crippen molar-refractivity contribution in [3.05, 3.63) is 59.8 Å². The number of aromatic nitrogens is 2. The molecule has 31 heavy (non-hydrogen) atoms. The van der Waals surface area contributed by atoms with Crippen LogP contribution in [0.3, 0.4) is 0 Å². The van der Waals surface area contributed by atoms with Crippen molar-refractivity contribution in [2.75, 3.05) is 26.3 Å². The lowest BCUT2D eigenvalue weighted by Crippen LogP contribution is -2.47. The van der Waals surface area contributed by atoms with Gasteiger partial charge in [-0.3, -0.25) is 9.20 Å². The summed E-state index contributed by atoms with van der Waals surface area (Å²) in [5.74, 6) is -0.393. The number of amides is 1. The standard InChI is InChI=1S/C24H23N3O3S/c1-16-2-4-17(5-3-16)19-15-27-20-7-6-18(14-21(20)31-23(27)25-19)22(28)26-10-8-24(9-11-26)29-12-13-30-24/h2-7,14-15H,8-13H2,1H3. The van der Waals surface area contributed by atoms with Crippen LogP contribution in [-0.4, -0.2) is 52.3 Å². The highest BCUT2D eigenvalue weighted by molar-refractivity contribution is 7.23. The van der Waals surface area contributed by atoms with Crippen LogP contribution in [0.4, 0.5) is 0 Å². The third-order valence-electron chi connectivity index (χ3n) is 6.31. The van der Waals surface area contributed by atoms with E-state index in [1.54, 1.807) is 11.3 Å². The van der Waals surface area contributed by atoms with Crippen LogP contribution in [0.25, 0.3) is 26.4 Å². The SMILES string of the molecule is Cc1ccc(-c2cn3c(n2)sc2cc(C(=O)N4CCC5(CC4)OCCO5)ccc23)cc1. The Hall–Kier alpha value is -2.74. The van der Waals surface area contributed by atoms with Gasteiger partial charge >= 0.3 is 0 Å². The van der Waals surface area contributed by atoms with Gasteiger partial charge in [-0.1, -0.05) is 41.2 Å². The molecular formula is C24H23N3O3S. The topological polar surface area (TPSA) is 56.1 Å². The van der Waals surface area contributed by atoms with Gasteiger partial charge in [-0.25, -0.2) is 4.98 Å². The van der Waals surface area contributed by atoms with Crippen molar-refractivity contribution >= 4 is 32.4 Å². The number of thiazole rings is 1. The summed E-state index contributed by atoms with van der Waals surface area (Å²) in [6.45, 7) is 4.70. The van der Waals surface area contributed by atoms with E-state index in [9.17, 15) is 4.79 Å². The molecule has 1 spiro atoms. The molecule has 6 rings (SSSR count). The van der Waals surface area contributed by atoms with Gasteiger partial charge in [0.05, 0.1) is 29.1 Å². The molecule has 158 valence electrons. The number of benzene rings is 2. The summed E-state index contributed by atoms with van der Waals surface area (Å²) in [5, 5.41) is 0. The van der Waals surface area contributed by atoms with E-state index in [4.69, 9.17) is 14.5 Å². The van der Waals surface area contributed by atoms with E-state index in [1.165, 1.54) is 5.56 Å². The number of fused-ring (bicyclic) bond motifs is 3. The summed E-state index contributed by atoms with van der Waals surface area (Å²) in [5.41, 5.74) is 5.11. The molecular weight excluding hydrogens is 410 g/mol. The molecule has 4 aromatic rings. The van der Waals surface area contributed by atoms with Gasteiger partial charge in [0.2, 0.25) is 0 Å². The number of ether oxygens (including phenoxy) is 2. The quantitative estimate of drug-likeness (QED) is 0.467. The normalized spacial score (nSPS) is 18.4. The average molecular weight is 434 g/mol. The molecule has 2 aromatic carbocycles. The van der Waals surface area contributed by atoms with Gasteiger partial charge in [-0.05, 0) is 25.1 Å². The number of carbonyl (C=O) groups excluding carboxylic acids is 1. The second-order valence-electron chi connectivity index (χ2n) is 8.33. The maximum Gasteiger partial charge on any atom is 0.253 e. The zero-order chi connectivity index (χ0) is 21.0. The average Bonchev–Trinajstić information content (AvgIpc) is 3.49. The van der Waals surface area contributed by atoms with Crippen LogP contribution in [0, 0.1) is 6.92 Å². The van der Waals surface area contributed by atoms with E-state index in [0.717, 1.165) is 44.8 Å². The third kappa shape index (κ3) is 3.24. The Labute approximate surface area is 184 Å². The smallest absolute Gasteiger partial charge is 0.253 e. The van der Waals surface area contributed by atoms with Crippen molar-refractivity contribution < 1.29 is 14.3 Å². The van der Waals surface area contributed by atoms with Crippen molar-refractivity contribution in [2.24, 2.45) is 0 Å². The molecule has 4 heterocycles. The first kappa shape index (κ1) is 19.0. The first-order chi connectivity index (χ1) is 15.1. The van der Waals surface area contributed by atoms with Gasteiger partial charge in [0, 0.05) is 43.3 Å². The van der Waals surface area contributed by atoms with Crippen molar-refractivity contribution in [3.8, 4) is 11.3 Å². The molecule has 2 fully saturated rings. The van der Waals surface area contributed by atoms with E-state index >= 15 is 0 Å². The second kappa shape index (κ2) is 7.15. The van der Waals surface area contributed by atoms with Crippen LogP contribution in [0.15, 0.2) is 48.7 Å². The molecule has 0 aliphatic carbocycles. The molecule has 2 aromatic heterocycles. The fraction of sp³-hybridized carbons (Fsp3) is 0.333. The van der Waals surface area contributed by atoms with Crippen LogP contribution in [-0.2, 0) is 9.47 Å². The first-order valence-electron chi connectivity index (χ1n) is 10.7. The van der Waals surface area contributed by atoms with Crippen molar-refractivity contribution in [1.82, 2.24) is 14.3 Å². The molecule has 0 radical (unpaired) electrons. The van der Waals surface area contributed by atoms with Gasteiger partial charge in [-0.15, -0.1) is 0 Å². The minimum atomic E-state index is -0.463. The van der Waals surface area contributed by atoms with E-state index in [2.05, 4.69) is 41.8 Å². The van der Waals surface area contributed by atoms with Crippen LogP contribution >= 0.6 is 11.3 Å². The Morgan fingerprint density at radius 3 is 2.55 bits per heavy atom. The predicted molar refractivity (Wildman–Crippen MR) is 121 cm³/mol. The summed E-state index contributed by atoms with van der Waals surface area (Å²) in [4.78, 5) is 20.8. The number of hydrogen-bond acceptors (Lipinski definition) is 5.